The molecule has 1 amide bonds. The number of amides is 1. The molecule has 0 radical (unpaired) electrons. The number of hydrogen-bond acceptors (Lipinski definition) is 2. The van der Waals surface area contributed by atoms with Crippen molar-refractivity contribution in [3.8, 4) is 0 Å². The molecule has 1 aromatic carbocycles. The summed E-state index contributed by atoms with van der Waals surface area (Å²) < 4.78 is 0. The zero-order valence-corrected chi connectivity index (χ0v) is 12.6. The fourth-order valence-corrected chi connectivity index (χ4v) is 2.38. The summed E-state index contributed by atoms with van der Waals surface area (Å²) in [6, 6.07) is 8.01. The summed E-state index contributed by atoms with van der Waals surface area (Å²) in [5.74, 6) is 0.249. The molecule has 1 atom stereocenters. The van der Waals surface area contributed by atoms with E-state index in [4.69, 9.17) is 11.6 Å². The summed E-state index contributed by atoms with van der Waals surface area (Å²) in [5.41, 5.74) is 1.16. The molecular weight excluding hydrogens is 283 g/mol. The van der Waals surface area contributed by atoms with Crippen molar-refractivity contribution in [3.05, 3.63) is 34.9 Å². The fourth-order valence-electron chi connectivity index (χ4n) is 2.26. The van der Waals surface area contributed by atoms with Crippen molar-refractivity contribution in [1.82, 2.24) is 10.2 Å². The Labute approximate surface area is 125 Å². The van der Waals surface area contributed by atoms with Crippen molar-refractivity contribution in [2.75, 3.05) is 19.6 Å². The Morgan fingerprint density at radius 2 is 2.11 bits per heavy atom. The summed E-state index contributed by atoms with van der Waals surface area (Å²) in [6.07, 6.45) is 1.36. The standard InChI is InChI=1S/C14H19ClN2O.ClH/c1-11-10-16-8-9-17(11)14(18)7-4-12-2-5-13(15)6-3-12;/h2-3,5-6,11,16H,4,7-10H2,1H3;1H/t11-;/m0./s1. The molecule has 1 fully saturated rings. The van der Waals surface area contributed by atoms with Crippen molar-refractivity contribution in [2.24, 2.45) is 0 Å². The third kappa shape index (κ3) is 4.68. The SMILES string of the molecule is C[C@H]1CNCCN1C(=O)CCc1ccc(Cl)cc1.Cl. The van der Waals surface area contributed by atoms with Crippen LogP contribution in [-0.2, 0) is 11.2 Å². The highest BCUT2D eigenvalue weighted by Gasteiger charge is 2.22. The van der Waals surface area contributed by atoms with Gasteiger partial charge in [0.25, 0.3) is 0 Å². The number of carbonyl (C=O) groups is 1. The van der Waals surface area contributed by atoms with Crippen LogP contribution in [-0.4, -0.2) is 36.5 Å². The number of piperazine rings is 1. The fraction of sp³-hybridized carbons (Fsp3) is 0.500. The van der Waals surface area contributed by atoms with E-state index in [2.05, 4.69) is 12.2 Å². The highest BCUT2D eigenvalue weighted by Crippen LogP contribution is 2.12. The normalized spacial score (nSPS) is 18.8. The van der Waals surface area contributed by atoms with Crippen LogP contribution in [0.15, 0.2) is 24.3 Å². The van der Waals surface area contributed by atoms with Gasteiger partial charge >= 0.3 is 0 Å². The molecule has 0 saturated carbocycles. The molecule has 2 rings (SSSR count). The summed E-state index contributed by atoms with van der Waals surface area (Å²) in [7, 11) is 0. The summed E-state index contributed by atoms with van der Waals surface area (Å²) in [6.45, 7) is 4.71. The molecule has 19 heavy (non-hydrogen) atoms. The van der Waals surface area contributed by atoms with Crippen LogP contribution in [0.1, 0.15) is 18.9 Å². The van der Waals surface area contributed by atoms with Gasteiger partial charge in [-0.2, -0.15) is 0 Å². The molecule has 3 nitrogen and oxygen atoms in total. The van der Waals surface area contributed by atoms with Gasteiger partial charge in [-0.3, -0.25) is 4.79 Å². The first-order valence-electron chi connectivity index (χ1n) is 6.41. The minimum Gasteiger partial charge on any atom is -0.337 e. The van der Waals surface area contributed by atoms with E-state index < -0.39 is 0 Å². The molecule has 0 aliphatic carbocycles. The van der Waals surface area contributed by atoms with Crippen molar-refractivity contribution in [3.63, 3.8) is 0 Å². The van der Waals surface area contributed by atoms with E-state index in [1.165, 1.54) is 0 Å². The topological polar surface area (TPSA) is 32.3 Å². The second kappa shape index (κ2) is 7.73. The quantitative estimate of drug-likeness (QED) is 0.930. The van der Waals surface area contributed by atoms with Crippen LogP contribution in [0.25, 0.3) is 0 Å². The Kier molecular flexibility index (Phi) is 6.63. The Bertz CT molecular complexity index is 408. The predicted molar refractivity (Wildman–Crippen MR) is 81.1 cm³/mol. The van der Waals surface area contributed by atoms with Crippen molar-refractivity contribution in [2.45, 2.75) is 25.8 Å². The second-order valence-electron chi connectivity index (χ2n) is 4.77. The number of carbonyl (C=O) groups excluding carboxylic acids is 1. The molecular formula is C14H20Cl2N2O. The molecule has 106 valence electrons. The van der Waals surface area contributed by atoms with Crippen LogP contribution < -0.4 is 5.32 Å². The van der Waals surface area contributed by atoms with Crippen molar-refractivity contribution < 1.29 is 4.79 Å². The lowest BCUT2D eigenvalue weighted by Gasteiger charge is -2.34. The monoisotopic (exact) mass is 302 g/mol. The van der Waals surface area contributed by atoms with Crippen LogP contribution in [0, 0.1) is 0 Å². The van der Waals surface area contributed by atoms with Gasteiger partial charge in [0, 0.05) is 37.1 Å². The lowest BCUT2D eigenvalue weighted by atomic mass is 10.1. The number of nitrogens with one attached hydrogen (secondary N) is 1. The summed E-state index contributed by atoms with van der Waals surface area (Å²) >= 11 is 5.83. The molecule has 0 unspecified atom stereocenters. The molecule has 0 bridgehead atoms. The van der Waals surface area contributed by atoms with Gasteiger partial charge in [0.1, 0.15) is 0 Å². The number of benzene rings is 1. The van der Waals surface area contributed by atoms with Gasteiger partial charge in [0.15, 0.2) is 0 Å². The molecule has 1 N–H and O–H groups in total. The molecule has 1 aromatic rings. The Morgan fingerprint density at radius 1 is 1.42 bits per heavy atom. The van der Waals surface area contributed by atoms with Crippen LogP contribution in [0.4, 0.5) is 0 Å². The maximum Gasteiger partial charge on any atom is 0.223 e. The van der Waals surface area contributed by atoms with E-state index in [-0.39, 0.29) is 18.3 Å². The highest BCUT2D eigenvalue weighted by atomic mass is 35.5. The lowest BCUT2D eigenvalue weighted by Crippen LogP contribution is -2.52. The van der Waals surface area contributed by atoms with E-state index in [1.54, 1.807) is 0 Å². The molecule has 1 aliphatic heterocycles. The number of halogens is 2. The molecule has 1 saturated heterocycles. The van der Waals surface area contributed by atoms with Crippen molar-refractivity contribution >= 4 is 29.9 Å². The number of rotatable bonds is 3. The minimum absolute atomic E-state index is 0. The molecule has 5 heteroatoms. The van der Waals surface area contributed by atoms with Gasteiger partial charge < -0.3 is 10.2 Å². The van der Waals surface area contributed by atoms with Crippen LogP contribution in [0.5, 0.6) is 0 Å². The molecule has 1 heterocycles. The molecule has 1 aliphatic rings. The van der Waals surface area contributed by atoms with Gasteiger partial charge in [-0.1, -0.05) is 23.7 Å². The second-order valence-corrected chi connectivity index (χ2v) is 5.20. The van der Waals surface area contributed by atoms with Gasteiger partial charge in [-0.05, 0) is 31.0 Å². The zero-order chi connectivity index (χ0) is 13.0. The number of aryl methyl sites for hydroxylation is 1. The largest absolute Gasteiger partial charge is 0.337 e. The van der Waals surface area contributed by atoms with Crippen LogP contribution in [0.2, 0.25) is 5.02 Å². The van der Waals surface area contributed by atoms with Crippen molar-refractivity contribution in [1.29, 1.82) is 0 Å². The maximum absolute atomic E-state index is 12.1. The minimum atomic E-state index is 0. The first-order chi connectivity index (χ1) is 8.66. The predicted octanol–water partition coefficient (Wildman–Crippen LogP) is 2.51. The van der Waals surface area contributed by atoms with Gasteiger partial charge in [0.05, 0.1) is 0 Å². The van der Waals surface area contributed by atoms with E-state index in [1.807, 2.05) is 29.2 Å². The Hall–Kier alpha value is -0.770. The highest BCUT2D eigenvalue weighted by molar-refractivity contribution is 6.30. The van der Waals surface area contributed by atoms with E-state index >= 15 is 0 Å². The zero-order valence-electron chi connectivity index (χ0n) is 11.1. The first kappa shape index (κ1) is 16.3. The average molecular weight is 303 g/mol. The Balaban J connectivity index is 0.00000180. The average Bonchev–Trinajstić information content (AvgIpc) is 2.38. The van der Waals surface area contributed by atoms with Gasteiger partial charge in [-0.15, -0.1) is 12.4 Å². The van der Waals surface area contributed by atoms with E-state index in [0.29, 0.717) is 12.5 Å². The third-order valence-electron chi connectivity index (χ3n) is 3.36. The number of nitrogens with zero attached hydrogens (tertiary/aromatic N) is 1. The Morgan fingerprint density at radius 3 is 2.74 bits per heavy atom. The van der Waals surface area contributed by atoms with Gasteiger partial charge in [0.2, 0.25) is 5.91 Å². The molecule has 0 aromatic heterocycles. The van der Waals surface area contributed by atoms with E-state index in [0.717, 1.165) is 36.6 Å². The van der Waals surface area contributed by atoms with Gasteiger partial charge in [-0.25, -0.2) is 0 Å². The first-order valence-corrected chi connectivity index (χ1v) is 6.79. The maximum atomic E-state index is 12.1. The van der Waals surface area contributed by atoms with Crippen LogP contribution in [0.3, 0.4) is 0 Å². The number of hydrogen-bond donors (Lipinski definition) is 1. The third-order valence-corrected chi connectivity index (χ3v) is 3.61. The smallest absolute Gasteiger partial charge is 0.223 e. The van der Waals surface area contributed by atoms with E-state index in [9.17, 15) is 4.79 Å². The molecule has 0 spiro atoms. The van der Waals surface area contributed by atoms with Crippen LogP contribution >= 0.6 is 24.0 Å². The lowest BCUT2D eigenvalue weighted by molar-refractivity contribution is -0.133. The summed E-state index contributed by atoms with van der Waals surface area (Å²) in [4.78, 5) is 14.1. The summed E-state index contributed by atoms with van der Waals surface area (Å²) in [5, 5.41) is 4.03.